The van der Waals surface area contributed by atoms with Crippen molar-refractivity contribution in [3.63, 3.8) is 0 Å². The van der Waals surface area contributed by atoms with Crippen molar-refractivity contribution in [2.24, 2.45) is 0 Å². The van der Waals surface area contributed by atoms with E-state index in [0.29, 0.717) is 0 Å². The van der Waals surface area contributed by atoms with Crippen LogP contribution in [0.4, 0.5) is 0 Å². The van der Waals surface area contributed by atoms with Crippen LogP contribution in [-0.2, 0) is 4.79 Å². The average Bonchev–Trinajstić information content (AvgIpc) is 1.86. The number of nitrogens with one attached hydrogen (secondary N) is 1. The molecule has 0 aromatic carbocycles. The molecule has 1 fully saturated rings. The average molecular weight is 127 g/mol. The number of hydrogen-bond donors (Lipinski definition) is 1. The van der Waals surface area contributed by atoms with Crippen molar-refractivity contribution in [1.82, 2.24) is 5.32 Å². The first-order valence-electron chi connectivity index (χ1n) is 2.16. The molecule has 4 heteroatoms. The van der Waals surface area contributed by atoms with Gasteiger partial charge in [0.15, 0.2) is 0 Å². The number of carbonyl (C=O) groups excluding carboxylic acids is 1. The first-order chi connectivity index (χ1) is 2.89. The maximum atomic E-state index is 10.1. The van der Waals surface area contributed by atoms with E-state index in [9.17, 15) is 4.79 Å². The Hall–Kier alpha value is 0.430. The van der Waals surface area contributed by atoms with E-state index in [2.05, 4.69) is 5.32 Å². The molecule has 0 aromatic rings. The Bertz CT molecular complexity index is 68.4. The molecule has 0 spiro atoms. The summed E-state index contributed by atoms with van der Waals surface area (Å²) in [4.78, 5) is 10.1. The van der Waals surface area contributed by atoms with Crippen molar-refractivity contribution in [3.05, 3.63) is 0 Å². The Morgan fingerprint density at radius 2 is 2.12 bits per heavy atom. The van der Waals surface area contributed by atoms with Crippen LogP contribution in [0.3, 0.4) is 0 Å². The van der Waals surface area contributed by atoms with Gasteiger partial charge >= 0.3 is 29.6 Å². The van der Waals surface area contributed by atoms with Crippen LogP contribution in [0.2, 0.25) is 0 Å². The monoisotopic (exact) mass is 127 g/mol. The molecule has 0 unspecified atom stereocenters. The summed E-state index contributed by atoms with van der Waals surface area (Å²) in [7, 11) is 0. The fourth-order valence-corrected chi connectivity index (χ4v) is 0.565. The molecule has 1 heterocycles. The molecule has 44 valence electrons. The second-order valence-corrected chi connectivity index (χ2v) is 1.45. The van der Waals surface area contributed by atoms with Gasteiger partial charge in [0.2, 0.25) is 5.91 Å². The molecule has 3 N–H and O–H groups in total. The predicted octanol–water partition coefficient (Wildman–Crippen LogP) is -1.58. The molecule has 0 radical (unpaired) electrons. The van der Waals surface area contributed by atoms with Gasteiger partial charge in [-0.1, -0.05) is 0 Å². The zero-order valence-electron chi connectivity index (χ0n) is 4.03. The fraction of sp³-hybridized carbons (Fsp3) is 0.750. The molecule has 1 amide bonds. The van der Waals surface area contributed by atoms with Crippen LogP contribution in [0.1, 0.15) is 12.8 Å². The van der Waals surface area contributed by atoms with Crippen LogP contribution in [-0.4, -0.2) is 47.5 Å². The Balaban J connectivity index is 0. The van der Waals surface area contributed by atoms with Gasteiger partial charge in [-0.3, -0.25) is 4.79 Å². The van der Waals surface area contributed by atoms with Crippen molar-refractivity contribution >= 4 is 35.5 Å². The van der Waals surface area contributed by atoms with E-state index >= 15 is 0 Å². The van der Waals surface area contributed by atoms with Gasteiger partial charge in [0.25, 0.3) is 0 Å². The van der Waals surface area contributed by atoms with Crippen molar-refractivity contribution in [2.45, 2.75) is 12.8 Å². The summed E-state index contributed by atoms with van der Waals surface area (Å²) in [6, 6.07) is 0. The second-order valence-electron chi connectivity index (χ2n) is 1.45. The van der Waals surface area contributed by atoms with Crippen LogP contribution < -0.4 is 5.32 Å². The number of amides is 1. The minimum absolute atomic E-state index is 0. The quantitative estimate of drug-likeness (QED) is 0.392. The van der Waals surface area contributed by atoms with E-state index in [1.165, 1.54) is 0 Å². The zero-order chi connectivity index (χ0) is 4.41. The number of rotatable bonds is 0. The summed E-state index contributed by atoms with van der Waals surface area (Å²) in [5.74, 6) is 0.204. The molecule has 8 heavy (non-hydrogen) atoms. The van der Waals surface area contributed by atoms with Gasteiger partial charge in [-0.25, -0.2) is 0 Å². The topological polar surface area (TPSA) is 60.6 Å². The van der Waals surface area contributed by atoms with Gasteiger partial charge in [-0.2, -0.15) is 0 Å². The Morgan fingerprint density at radius 1 is 1.50 bits per heavy atom. The molecule has 0 aliphatic carbocycles. The van der Waals surface area contributed by atoms with E-state index in [1.54, 1.807) is 0 Å². The van der Waals surface area contributed by atoms with Crippen LogP contribution in [0.15, 0.2) is 0 Å². The maximum absolute atomic E-state index is 10.1. The third kappa shape index (κ3) is 3.43. The molecule has 1 aliphatic heterocycles. The van der Waals surface area contributed by atoms with E-state index in [4.69, 9.17) is 0 Å². The third-order valence-electron chi connectivity index (χ3n) is 0.903. The first kappa shape index (κ1) is 11.3. The van der Waals surface area contributed by atoms with Crippen molar-refractivity contribution in [2.75, 3.05) is 6.54 Å². The van der Waals surface area contributed by atoms with Crippen LogP contribution in [0, 0.1) is 0 Å². The van der Waals surface area contributed by atoms with E-state index in [0.717, 1.165) is 19.4 Å². The van der Waals surface area contributed by atoms with Gasteiger partial charge in [0.1, 0.15) is 0 Å². The summed E-state index contributed by atoms with van der Waals surface area (Å²) in [5, 5.41) is 2.68. The first-order valence-corrected chi connectivity index (χ1v) is 2.16. The fourth-order valence-electron chi connectivity index (χ4n) is 0.565. The predicted molar refractivity (Wildman–Crippen MR) is 33.0 cm³/mol. The van der Waals surface area contributed by atoms with Crippen LogP contribution in [0.25, 0.3) is 0 Å². The van der Waals surface area contributed by atoms with Crippen LogP contribution in [0.5, 0.6) is 0 Å². The van der Waals surface area contributed by atoms with E-state index in [1.807, 2.05) is 0 Å². The molecular weight excluding hydrogens is 117 g/mol. The van der Waals surface area contributed by atoms with Gasteiger partial charge < -0.3 is 10.8 Å². The number of carbonyl (C=O) groups is 1. The second kappa shape index (κ2) is 5.56. The molecule has 0 bridgehead atoms. The Morgan fingerprint density at radius 3 is 2.25 bits per heavy atom. The SMILES string of the molecule is O.O=C1CCCN1.[NaH]. The zero-order valence-corrected chi connectivity index (χ0v) is 4.03. The summed E-state index contributed by atoms with van der Waals surface area (Å²) in [6.45, 7) is 0.888. The van der Waals surface area contributed by atoms with E-state index in [-0.39, 0.29) is 40.9 Å². The summed E-state index contributed by atoms with van der Waals surface area (Å²) >= 11 is 0. The molecule has 1 aliphatic rings. The molecule has 3 nitrogen and oxygen atoms in total. The van der Waals surface area contributed by atoms with Crippen LogP contribution >= 0.6 is 0 Å². The Labute approximate surface area is 70.4 Å². The van der Waals surface area contributed by atoms with Crippen molar-refractivity contribution in [3.8, 4) is 0 Å². The molecule has 0 atom stereocenters. The third-order valence-corrected chi connectivity index (χ3v) is 0.903. The summed E-state index contributed by atoms with van der Waals surface area (Å²) in [5.41, 5.74) is 0. The van der Waals surface area contributed by atoms with Crippen molar-refractivity contribution in [1.29, 1.82) is 0 Å². The standard InChI is InChI=1S/C4H7NO.Na.H2O.H/c6-4-2-1-3-5-4;;;/h1-3H2,(H,5,6);;1H2;. The summed E-state index contributed by atoms with van der Waals surface area (Å²) in [6.07, 6.45) is 1.76. The molecule has 0 saturated carbocycles. The minimum atomic E-state index is 0. The summed E-state index contributed by atoms with van der Waals surface area (Å²) < 4.78 is 0. The van der Waals surface area contributed by atoms with Crippen molar-refractivity contribution < 1.29 is 10.3 Å². The van der Waals surface area contributed by atoms with Gasteiger partial charge in [-0.05, 0) is 6.42 Å². The Kier molecular flexibility index (Phi) is 7.83. The normalized spacial score (nSPS) is 15.8. The molecule has 0 aromatic heterocycles. The molecule has 1 rings (SSSR count). The molecule has 1 saturated heterocycles. The van der Waals surface area contributed by atoms with Gasteiger partial charge in [-0.15, -0.1) is 0 Å². The molecular formula is C4H10NNaO2. The van der Waals surface area contributed by atoms with E-state index < -0.39 is 0 Å². The van der Waals surface area contributed by atoms with Gasteiger partial charge in [0.05, 0.1) is 0 Å². The number of hydrogen-bond acceptors (Lipinski definition) is 1. The van der Waals surface area contributed by atoms with Gasteiger partial charge in [0, 0.05) is 13.0 Å².